The highest BCUT2D eigenvalue weighted by Crippen LogP contribution is 2.34. The Morgan fingerprint density at radius 1 is 1.29 bits per heavy atom. The molecule has 24 heavy (non-hydrogen) atoms. The van der Waals surface area contributed by atoms with Crippen LogP contribution in [-0.2, 0) is 0 Å². The van der Waals surface area contributed by atoms with E-state index in [1.807, 2.05) is 0 Å². The van der Waals surface area contributed by atoms with Crippen LogP contribution in [0.15, 0.2) is 36.7 Å². The summed E-state index contributed by atoms with van der Waals surface area (Å²) in [5.41, 5.74) is 0.276. The maximum absolute atomic E-state index is 13.9. The first-order valence-corrected chi connectivity index (χ1v) is 7.06. The van der Waals surface area contributed by atoms with E-state index in [0.29, 0.717) is 10.9 Å². The topological polar surface area (TPSA) is 90.2 Å². The average molecular weight is 349 g/mol. The predicted octanol–water partition coefficient (Wildman–Crippen LogP) is 4.08. The first kappa shape index (κ1) is 15.9. The van der Waals surface area contributed by atoms with Crippen molar-refractivity contribution in [2.24, 2.45) is 0 Å². The van der Waals surface area contributed by atoms with E-state index >= 15 is 0 Å². The lowest BCUT2D eigenvalue weighted by Crippen LogP contribution is -2.00. The fraction of sp³-hybridized carbons (Fsp3) is 0.0667. The van der Waals surface area contributed by atoms with Gasteiger partial charge in [-0.15, -0.1) is 0 Å². The number of nitro benzene ring substituents is 1. The first-order valence-electron chi connectivity index (χ1n) is 6.69. The molecule has 0 amide bonds. The van der Waals surface area contributed by atoms with E-state index in [2.05, 4.69) is 15.3 Å². The molecule has 0 fully saturated rings. The van der Waals surface area contributed by atoms with E-state index in [-0.39, 0.29) is 28.0 Å². The van der Waals surface area contributed by atoms with Crippen LogP contribution in [0.1, 0.15) is 0 Å². The molecule has 7 nitrogen and oxygen atoms in total. The number of halogens is 2. The molecule has 0 aliphatic carbocycles. The lowest BCUT2D eigenvalue weighted by Gasteiger charge is -2.10. The molecule has 0 aliphatic heterocycles. The molecule has 1 N–H and O–H groups in total. The Morgan fingerprint density at radius 3 is 2.75 bits per heavy atom. The molecule has 9 heteroatoms. The van der Waals surface area contributed by atoms with E-state index in [1.54, 1.807) is 0 Å². The van der Waals surface area contributed by atoms with Gasteiger partial charge in [0.1, 0.15) is 18.0 Å². The van der Waals surface area contributed by atoms with Crippen LogP contribution in [0.5, 0.6) is 5.75 Å². The summed E-state index contributed by atoms with van der Waals surface area (Å²) in [4.78, 5) is 18.6. The summed E-state index contributed by atoms with van der Waals surface area (Å²) in [6.07, 6.45) is 1.23. The van der Waals surface area contributed by atoms with Gasteiger partial charge in [0.05, 0.1) is 23.2 Å². The van der Waals surface area contributed by atoms with Crippen molar-refractivity contribution in [3.63, 3.8) is 0 Å². The van der Waals surface area contributed by atoms with Crippen LogP contribution < -0.4 is 10.1 Å². The molecule has 0 aliphatic rings. The Bertz CT molecular complexity index is 951. The van der Waals surface area contributed by atoms with Crippen LogP contribution in [0.4, 0.5) is 21.6 Å². The van der Waals surface area contributed by atoms with Crippen molar-refractivity contribution in [3.8, 4) is 5.75 Å². The molecule has 3 rings (SSSR count). The smallest absolute Gasteiger partial charge is 0.313 e. The van der Waals surface area contributed by atoms with Gasteiger partial charge < -0.3 is 10.1 Å². The van der Waals surface area contributed by atoms with Crippen LogP contribution in [0.2, 0.25) is 5.02 Å². The van der Waals surface area contributed by atoms with Crippen molar-refractivity contribution in [2.45, 2.75) is 0 Å². The van der Waals surface area contributed by atoms with Gasteiger partial charge >= 0.3 is 5.69 Å². The largest absolute Gasteiger partial charge is 0.490 e. The summed E-state index contributed by atoms with van der Waals surface area (Å²) < 4.78 is 19.0. The number of anilines is 2. The zero-order valence-electron chi connectivity index (χ0n) is 12.3. The monoisotopic (exact) mass is 348 g/mol. The summed E-state index contributed by atoms with van der Waals surface area (Å²) in [5, 5.41) is 14.6. The normalized spacial score (nSPS) is 10.6. The fourth-order valence-electron chi connectivity index (χ4n) is 2.20. The number of methoxy groups -OCH3 is 1. The second-order valence-corrected chi connectivity index (χ2v) is 5.21. The molecule has 0 spiro atoms. The van der Waals surface area contributed by atoms with Gasteiger partial charge in [0, 0.05) is 22.5 Å². The molecular formula is C15H10ClFN4O3. The molecule has 0 bridgehead atoms. The molecule has 0 unspecified atom stereocenters. The first-order chi connectivity index (χ1) is 11.5. The number of benzene rings is 2. The van der Waals surface area contributed by atoms with E-state index in [0.717, 1.165) is 0 Å². The third-order valence-corrected chi connectivity index (χ3v) is 3.55. The second kappa shape index (κ2) is 6.25. The standard InChI is InChI=1S/C15H10ClFN4O3/c1-24-14-5-9-12(6-13(14)21(22)23)18-7-19-15(9)20-11-3-2-8(16)4-10(11)17/h2-7H,1H3,(H,18,19,20). The Balaban J connectivity index is 2.13. The lowest BCUT2D eigenvalue weighted by atomic mass is 10.2. The minimum absolute atomic E-state index is 0.0573. The SMILES string of the molecule is COc1cc2c(Nc3ccc(Cl)cc3F)ncnc2cc1[N+](=O)[O-]. The van der Waals surface area contributed by atoms with Crippen molar-refractivity contribution in [2.75, 3.05) is 12.4 Å². The molecule has 1 aromatic heterocycles. The van der Waals surface area contributed by atoms with Crippen molar-refractivity contribution in [1.82, 2.24) is 9.97 Å². The van der Waals surface area contributed by atoms with Crippen LogP contribution >= 0.6 is 11.6 Å². The van der Waals surface area contributed by atoms with Crippen LogP contribution in [-0.4, -0.2) is 22.0 Å². The van der Waals surface area contributed by atoms with Crippen molar-refractivity contribution >= 4 is 39.7 Å². The highest BCUT2D eigenvalue weighted by molar-refractivity contribution is 6.30. The third-order valence-electron chi connectivity index (χ3n) is 3.32. The lowest BCUT2D eigenvalue weighted by molar-refractivity contribution is -0.385. The van der Waals surface area contributed by atoms with Crippen LogP contribution in [0, 0.1) is 15.9 Å². The average Bonchev–Trinajstić information content (AvgIpc) is 2.56. The zero-order chi connectivity index (χ0) is 17.3. The summed E-state index contributed by atoms with van der Waals surface area (Å²) in [7, 11) is 1.32. The molecule has 0 saturated carbocycles. The van der Waals surface area contributed by atoms with Gasteiger partial charge in [-0.3, -0.25) is 10.1 Å². The number of hydrogen-bond donors (Lipinski definition) is 1. The molecule has 0 atom stereocenters. The van der Waals surface area contributed by atoms with Gasteiger partial charge in [0.25, 0.3) is 0 Å². The second-order valence-electron chi connectivity index (χ2n) is 4.77. The van der Waals surface area contributed by atoms with Gasteiger partial charge in [-0.05, 0) is 18.2 Å². The summed E-state index contributed by atoms with van der Waals surface area (Å²) >= 11 is 5.73. The summed E-state index contributed by atoms with van der Waals surface area (Å²) in [5.74, 6) is -0.209. The minimum atomic E-state index is -0.563. The van der Waals surface area contributed by atoms with Crippen LogP contribution in [0.25, 0.3) is 10.9 Å². The van der Waals surface area contributed by atoms with E-state index in [1.165, 1.54) is 43.8 Å². The van der Waals surface area contributed by atoms with Crippen LogP contribution in [0.3, 0.4) is 0 Å². The Hall–Kier alpha value is -3.00. The predicted molar refractivity (Wildman–Crippen MR) is 87.4 cm³/mol. The van der Waals surface area contributed by atoms with Crippen molar-refractivity contribution in [3.05, 3.63) is 57.6 Å². The van der Waals surface area contributed by atoms with E-state index in [9.17, 15) is 14.5 Å². The number of fused-ring (bicyclic) bond motifs is 1. The molecule has 0 saturated heterocycles. The van der Waals surface area contributed by atoms with Gasteiger partial charge in [0.15, 0.2) is 5.75 Å². The quantitative estimate of drug-likeness (QED) is 0.564. The molecule has 1 heterocycles. The van der Waals surface area contributed by atoms with Crippen molar-refractivity contribution in [1.29, 1.82) is 0 Å². The van der Waals surface area contributed by atoms with Gasteiger partial charge in [-0.2, -0.15) is 0 Å². The number of nitro groups is 1. The highest BCUT2D eigenvalue weighted by atomic mass is 35.5. The number of nitrogens with zero attached hydrogens (tertiary/aromatic N) is 3. The molecule has 0 radical (unpaired) electrons. The summed E-state index contributed by atoms with van der Waals surface area (Å²) in [6.45, 7) is 0. The maximum atomic E-state index is 13.9. The molecule has 122 valence electrons. The Labute approximate surface area is 140 Å². The third kappa shape index (κ3) is 2.91. The highest BCUT2D eigenvalue weighted by Gasteiger charge is 2.18. The van der Waals surface area contributed by atoms with Gasteiger partial charge in [-0.1, -0.05) is 11.6 Å². The number of nitrogens with one attached hydrogen (secondary N) is 1. The van der Waals surface area contributed by atoms with E-state index < -0.39 is 10.7 Å². The molecular weight excluding hydrogens is 339 g/mol. The molecule has 3 aromatic rings. The number of hydrogen-bond acceptors (Lipinski definition) is 6. The van der Waals surface area contributed by atoms with Crippen molar-refractivity contribution < 1.29 is 14.1 Å². The number of ether oxygens (including phenoxy) is 1. The maximum Gasteiger partial charge on any atom is 0.313 e. The number of rotatable bonds is 4. The Morgan fingerprint density at radius 2 is 2.08 bits per heavy atom. The Kier molecular flexibility index (Phi) is 4.13. The van der Waals surface area contributed by atoms with Gasteiger partial charge in [0.2, 0.25) is 0 Å². The summed E-state index contributed by atoms with van der Waals surface area (Å²) in [6, 6.07) is 6.87. The molecule has 2 aromatic carbocycles. The fourth-order valence-corrected chi connectivity index (χ4v) is 2.36. The van der Waals surface area contributed by atoms with E-state index in [4.69, 9.17) is 16.3 Å². The zero-order valence-corrected chi connectivity index (χ0v) is 13.0. The van der Waals surface area contributed by atoms with Gasteiger partial charge in [-0.25, -0.2) is 14.4 Å². The number of aromatic nitrogens is 2. The minimum Gasteiger partial charge on any atom is -0.490 e.